The van der Waals surface area contributed by atoms with Crippen LogP contribution in [0.1, 0.15) is 17.2 Å². The molecule has 0 heterocycles. The molecule has 0 fully saturated rings. The zero-order valence-electron chi connectivity index (χ0n) is 9.11. The quantitative estimate of drug-likeness (QED) is 0.880. The number of halogens is 2. The minimum Gasteiger partial charge on any atom is -0.388 e. The van der Waals surface area contributed by atoms with E-state index in [0.717, 1.165) is 5.56 Å². The van der Waals surface area contributed by atoms with Crippen LogP contribution in [0.5, 0.6) is 0 Å². The van der Waals surface area contributed by atoms with E-state index in [1.165, 1.54) is 6.07 Å². The van der Waals surface area contributed by atoms with Gasteiger partial charge in [-0.3, -0.25) is 0 Å². The van der Waals surface area contributed by atoms with Gasteiger partial charge in [-0.1, -0.05) is 41.9 Å². The SMILES string of the molecule is OC(Cc1cccc(Cl)c1)c1ccccc1F. The van der Waals surface area contributed by atoms with Gasteiger partial charge in [0.05, 0.1) is 6.10 Å². The summed E-state index contributed by atoms with van der Waals surface area (Å²) in [5, 5.41) is 10.6. The first-order chi connectivity index (χ1) is 8.16. The van der Waals surface area contributed by atoms with E-state index in [-0.39, 0.29) is 5.82 Å². The van der Waals surface area contributed by atoms with E-state index in [9.17, 15) is 9.50 Å². The molecule has 0 amide bonds. The molecule has 2 aromatic rings. The molecule has 0 spiro atoms. The van der Waals surface area contributed by atoms with Gasteiger partial charge < -0.3 is 5.11 Å². The third-order valence-electron chi connectivity index (χ3n) is 2.58. The number of hydrogen-bond acceptors (Lipinski definition) is 1. The summed E-state index contributed by atoms with van der Waals surface area (Å²) >= 11 is 5.85. The summed E-state index contributed by atoms with van der Waals surface area (Å²) in [5.74, 6) is -0.387. The van der Waals surface area contributed by atoms with Crippen LogP contribution in [0.4, 0.5) is 4.39 Å². The van der Waals surface area contributed by atoms with Crippen LogP contribution >= 0.6 is 11.6 Å². The van der Waals surface area contributed by atoms with E-state index in [0.29, 0.717) is 17.0 Å². The third kappa shape index (κ3) is 3.05. The lowest BCUT2D eigenvalue weighted by molar-refractivity contribution is 0.173. The van der Waals surface area contributed by atoms with Gasteiger partial charge in [-0.25, -0.2) is 4.39 Å². The molecule has 0 saturated heterocycles. The Morgan fingerprint density at radius 3 is 2.59 bits per heavy atom. The fraction of sp³-hybridized carbons (Fsp3) is 0.143. The fourth-order valence-electron chi connectivity index (χ4n) is 1.74. The summed E-state index contributed by atoms with van der Waals surface area (Å²) in [6.45, 7) is 0. The first kappa shape index (κ1) is 12.1. The molecular weight excluding hydrogens is 239 g/mol. The van der Waals surface area contributed by atoms with Crippen LogP contribution < -0.4 is 0 Å². The second-order valence-corrected chi connectivity index (χ2v) is 4.31. The predicted octanol–water partition coefficient (Wildman–Crippen LogP) is 3.76. The molecule has 0 bridgehead atoms. The van der Waals surface area contributed by atoms with Crippen molar-refractivity contribution in [3.05, 3.63) is 70.5 Å². The molecule has 1 unspecified atom stereocenters. The number of rotatable bonds is 3. The summed E-state index contributed by atoms with van der Waals surface area (Å²) in [7, 11) is 0. The maximum atomic E-state index is 13.4. The highest BCUT2D eigenvalue weighted by Gasteiger charge is 2.12. The third-order valence-corrected chi connectivity index (χ3v) is 2.82. The molecule has 0 aromatic heterocycles. The van der Waals surface area contributed by atoms with Crippen LogP contribution in [0.25, 0.3) is 0 Å². The Bertz CT molecular complexity index is 513. The molecule has 88 valence electrons. The summed E-state index contributed by atoms with van der Waals surface area (Å²) in [5.41, 5.74) is 1.20. The van der Waals surface area contributed by atoms with Crippen LogP contribution in [0.3, 0.4) is 0 Å². The molecule has 1 N–H and O–H groups in total. The molecule has 0 aliphatic heterocycles. The highest BCUT2D eigenvalue weighted by atomic mass is 35.5. The molecule has 1 atom stereocenters. The van der Waals surface area contributed by atoms with Gasteiger partial charge in [0.2, 0.25) is 0 Å². The fourth-order valence-corrected chi connectivity index (χ4v) is 1.96. The minimum absolute atomic E-state index is 0.312. The van der Waals surface area contributed by atoms with E-state index >= 15 is 0 Å². The topological polar surface area (TPSA) is 20.2 Å². The Hall–Kier alpha value is -1.38. The van der Waals surface area contributed by atoms with Gasteiger partial charge in [0.15, 0.2) is 0 Å². The predicted molar refractivity (Wildman–Crippen MR) is 66.5 cm³/mol. The van der Waals surface area contributed by atoms with E-state index < -0.39 is 6.10 Å². The van der Waals surface area contributed by atoms with Gasteiger partial charge >= 0.3 is 0 Å². The van der Waals surface area contributed by atoms with E-state index in [1.807, 2.05) is 12.1 Å². The van der Waals surface area contributed by atoms with Gasteiger partial charge in [-0.05, 0) is 23.8 Å². The molecular formula is C14H12ClFO. The Morgan fingerprint density at radius 2 is 1.88 bits per heavy atom. The molecule has 1 nitrogen and oxygen atoms in total. The highest BCUT2D eigenvalue weighted by molar-refractivity contribution is 6.30. The van der Waals surface area contributed by atoms with Crippen molar-refractivity contribution in [2.75, 3.05) is 0 Å². The average molecular weight is 251 g/mol. The van der Waals surface area contributed by atoms with Crippen molar-refractivity contribution < 1.29 is 9.50 Å². The normalized spacial score (nSPS) is 12.4. The maximum absolute atomic E-state index is 13.4. The van der Waals surface area contributed by atoms with Gasteiger partial charge in [-0.15, -0.1) is 0 Å². The van der Waals surface area contributed by atoms with Gasteiger partial charge in [0.25, 0.3) is 0 Å². The van der Waals surface area contributed by atoms with Crippen molar-refractivity contribution in [1.82, 2.24) is 0 Å². The first-order valence-corrected chi connectivity index (χ1v) is 5.71. The monoisotopic (exact) mass is 250 g/mol. The molecule has 2 rings (SSSR count). The molecule has 0 aliphatic carbocycles. The largest absolute Gasteiger partial charge is 0.388 e. The minimum atomic E-state index is -0.852. The second-order valence-electron chi connectivity index (χ2n) is 3.87. The lowest BCUT2D eigenvalue weighted by atomic mass is 10.0. The van der Waals surface area contributed by atoms with Crippen LogP contribution in [0.15, 0.2) is 48.5 Å². The first-order valence-electron chi connectivity index (χ1n) is 5.34. The molecule has 0 aliphatic rings. The maximum Gasteiger partial charge on any atom is 0.129 e. The number of hydrogen-bond donors (Lipinski definition) is 1. The van der Waals surface area contributed by atoms with Crippen LogP contribution in [-0.4, -0.2) is 5.11 Å². The van der Waals surface area contributed by atoms with Gasteiger partial charge in [-0.2, -0.15) is 0 Å². The Balaban J connectivity index is 2.17. The zero-order valence-corrected chi connectivity index (χ0v) is 9.86. The Morgan fingerprint density at radius 1 is 1.12 bits per heavy atom. The van der Waals surface area contributed by atoms with Crippen molar-refractivity contribution in [1.29, 1.82) is 0 Å². The van der Waals surface area contributed by atoms with Crippen LogP contribution in [0, 0.1) is 5.82 Å². The highest BCUT2D eigenvalue weighted by Crippen LogP contribution is 2.22. The molecule has 3 heteroatoms. The standard InChI is InChI=1S/C14H12ClFO/c15-11-5-3-4-10(8-11)9-14(17)12-6-1-2-7-13(12)16/h1-8,14,17H,9H2. The molecule has 2 aromatic carbocycles. The van der Waals surface area contributed by atoms with Crippen molar-refractivity contribution in [3.63, 3.8) is 0 Å². The van der Waals surface area contributed by atoms with Gasteiger partial charge in [0.1, 0.15) is 5.82 Å². The van der Waals surface area contributed by atoms with Crippen molar-refractivity contribution in [3.8, 4) is 0 Å². The van der Waals surface area contributed by atoms with Crippen LogP contribution in [-0.2, 0) is 6.42 Å². The van der Waals surface area contributed by atoms with Gasteiger partial charge in [0, 0.05) is 17.0 Å². The van der Waals surface area contributed by atoms with E-state index in [4.69, 9.17) is 11.6 Å². The number of aliphatic hydroxyl groups is 1. The number of aliphatic hydroxyl groups excluding tert-OH is 1. The zero-order chi connectivity index (χ0) is 12.3. The average Bonchev–Trinajstić information content (AvgIpc) is 2.29. The summed E-state index contributed by atoms with van der Waals surface area (Å²) in [4.78, 5) is 0. The lowest BCUT2D eigenvalue weighted by Gasteiger charge is -2.12. The Kier molecular flexibility index (Phi) is 3.77. The molecule has 17 heavy (non-hydrogen) atoms. The molecule has 0 radical (unpaired) electrons. The summed E-state index contributed by atoms with van der Waals surface area (Å²) in [6.07, 6.45) is -0.503. The lowest BCUT2D eigenvalue weighted by Crippen LogP contribution is -2.04. The van der Waals surface area contributed by atoms with Crippen molar-refractivity contribution in [2.45, 2.75) is 12.5 Å². The van der Waals surface area contributed by atoms with Crippen LogP contribution in [0.2, 0.25) is 5.02 Å². The second kappa shape index (κ2) is 5.30. The summed E-state index contributed by atoms with van der Waals surface area (Å²) < 4.78 is 13.4. The smallest absolute Gasteiger partial charge is 0.129 e. The van der Waals surface area contributed by atoms with E-state index in [2.05, 4.69) is 0 Å². The van der Waals surface area contributed by atoms with Crippen molar-refractivity contribution >= 4 is 11.6 Å². The Labute approximate surface area is 104 Å². The van der Waals surface area contributed by atoms with E-state index in [1.54, 1.807) is 30.3 Å². The number of benzene rings is 2. The summed E-state index contributed by atoms with van der Waals surface area (Å²) in [6, 6.07) is 13.4. The van der Waals surface area contributed by atoms with Crippen molar-refractivity contribution in [2.24, 2.45) is 0 Å². The molecule has 0 saturated carbocycles.